The molecule has 3 rings (SSSR count). The Labute approximate surface area is 187 Å². The van der Waals surface area contributed by atoms with Crippen molar-refractivity contribution >= 4 is 17.9 Å². The fraction of sp³-hybridized carbons (Fsp3) is 0.375. The summed E-state index contributed by atoms with van der Waals surface area (Å²) in [6.07, 6.45) is 1.02. The van der Waals surface area contributed by atoms with Crippen LogP contribution in [0, 0.1) is 0 Å². The van der Waals surface area contributed by atoms with Gasteiger partial charge in [-0.2, -0.15) is 0 Å². The van der Waals surface area contributed by atoms with E-state index in [4.69, 9.17) is 4.74 Å². The summed E-state index contributed by atoms with van der Waals surface area (Å²) < 4.78 is 5.27. The van der Waals surface area contributed by atoms with E-state index in [0.29, 0.717) is 32.7 Å². The Hall–Kier alpha value is -3.39. The van der Waals surface area contributed by atoms with Gasteiger partial charge in [0.15, 0.2) is 0 Å². The van der Waals surface area contributed by atoms with Gasteiger partial charge in [-0.25, -0.2) is 9.59 Å². The van der Waals surface area contributed by atoms with E-state index >= 15 is 0 Å². The fourth-order valence-corrected chi connectivity index (χ4v) is 3.55. The van der Waals surface area contributed by atoms with Gasteiger partial charge in [0.25, 0.3) is 0 Å². The molecule has 1 heterocycles. The lowest BCUT2D eigenvalue weighted by molar-refractivity contribution is -0.142. The number of benzene rings is 2. The number of aryl methyl sites for hydroxylation is 1. The van der Waals surface area contributed by atoms with E-state index in [1.54, 1.807) is 4.90 Å². The molecule has 0 aliphatic carbocycles. The highest BCUT2D eigenvalue weighted by molar-refractivity contribution is 5.90. The van der Waals surface area contributed by atoms with Gasteiger partial charge in [-0.15, -0.1) is 0 Å². The molecule has 0 aromatic heterocycles. The number of urea groups is 1. The molecule has 0 bridgehead atoms. The maximum absolute atomic E-state index is 13.1. The molecule has 8 heteroatoms. The molecule has 1 saturated heterocycles. The first-order chi connectivity index (χ1) is 15.5. The predicted octanol–water partition coefficient (Wildman–Crippen LogP) is 1.84. The minimum Gasteiger partial charge on any atom is -0.480 e. The lowest BCUT2D eigenvalue weighted by atomic mass is 10.0. The summed E-state index contributed by atoms with van der Waals surface area (Å²) in [6, 6.07) is 16.5. The highest BCUT2D eigenvalue weighted by Gasteiger charge is 2.28. The van der Waals surface area contributed by atoms with Gasteiger partial charge in [0.05, 0.1) is 13.2 Å². The van der Waals surface area contributed by atoms with Gasteiger partial charge in [-0.1, -0.05) is 60.7 Å². The van der Waals surface area contributed by atoms with Crippen LogP contribution in [-0.4, -0.2) is 66.3 Å². The van der Waals surface area contributed by atoms with E-state index in [1.165, 1.54) is 0 Å². The summed E-state index contributed by atoms with van der Waals surface area (Å²) in [5.41, 5.74) is 1.86. The number of carboxylic acid groups (broad SMARTS) is 1. The van der Waals surface area contributed by atoms with Crippen LogP contribution in [0.1, 0.15) is 17.5 Å². The molecule has 3 N–H and O–H groups in total. The Balaban J connectivity index is 1.67. The third kappa shape index (κ3) is 7.09. The number of carbonyl (C=O) groups is 3. The monoisotopic (exact) mass is 439 g/mol. The standard InChI is InChI=1S/C24H29N3O5/c28-22(25-20(23(29)30)12-11-18-7-3-1-4-8-18)21(17-19-9-5-2-6-10-19)26-24(31)27-13-15-32-16-14-27/h1-10,20-21H,11-17H2,(H,25,28)(H,26,31)(H,29,30)/t20-,21-/m0/s1. The number of carbonyl (C=O) groups excluding carboxylic acids is 2. The first-order valence-electron chi connectivity index (χ1n) is 10.8. The average Bonchev–Trinajstić information content (AvgIpc) is 2.82. The van der Waals surface area contributed by atoms with Gasteiger partial charge in [-0.05, 0) is 24.0 Å². The van der Waals surface area contributed by atoms with E-state index in [1.807, 2.05) is 60.7 Å². The maximum atomic E-state index is 13.1. The van der Waals surface area contributed by atoms with Crippen molar-refractivity contribution in [1.29, 1.82) is 0 Å². The minimum atomic E-state index is -1.10. The second-order valence-corrected chi connectivity index (χ2v) is 7.71. The third-order valence-electron chi connectivity index (χ3n) is 5.37. The Bertz CT molecular complexity index is 885. The number of carboxylic acids is 1. The van der Waals surface area contributed by atoms with Crippen LogP contribution >= 0.6 is 0 Å². The molecule has 2 aromatic rings. The summed E-state index contributed by atoms with van der Waals surface area (Å²) in [6.45, 7) is 1.79. The molecule has 0 spiro atoms. The lowest BCUT2D eigenvalue weighted by Crippen LogP contribution is -2.56. The number of nitrogens with zero attached hydrogens (tertiary/aromatic N) is 1. The summed E-state index contributed by atoms with van der Waals surface area (Å²) in [5, 5.41) is 15.0. The zero-order chi connectivity index (χ0) is 22.8. The van der Waals surface area contributed by atoms with Crippen molar-refractivity contribution in [2.45, 2.75) is 31.3 Å². The van der Waals surface area contributed by atoms with Crippen molar-refractivity contribution in [3.05, 3.63) is 71.8 Å². The second kappa shape index (κ2) is 11.9. The number of hydrogen-bond acceptors (Lipinski definition) is 4. The lowest BCUT2D eigenvalue weighted by Gasteiger charge is -2.29. The molecule has 0 saturated carbocycles. The zero-order valence-corrected chi connectivity index (χ0v) is 17.9. The number of nitrogens with one attached hydrogen (secondary N) is 2. The van der Waals surface area contributed by atoms with Crippen molar-refractivity contribution in [1.82, 2.24) is 15.5 Å². The van der Waals surface area contributed by atoms with E-state index in [2.05, 4.69) is 10.6 Å². The molecule has 32 heavy (non-hydrogen) atoms. The summed E-state index contributed by atoms with van der Waals surface area (Å²) in [5.74, 6) is -1.62. The van der Waals surface area contributed by atoms with Crippen molar-refractivity contribution in [2.75, 3.05) is 26.3 Å². The third-order valence-corrected chi connectivity index (χ3v) is 5.37. The zero-order valence-electron chi connectivity index (χ0n) is 17.9. The fourth-order valence-electron chi connectivity index (χ4n) is 3.55. The molecule has 2 atom stereocenters. The summed E-state index contributed by atoms with van der Waals surface area (Å²) in [4.78, 5) is 39.1. The number of hydrogen-bond donors (Lipinski definition) is 3. The highest BCUT2D eigenvalue weighted by Crippen LogP contribution is 2.09. The van der Waals surface area contributed by atoms with Gasteiger partial charge < -0.3 is 25.4 Å². The highest BCUT2D eigenvalue weighted by atomic mass is 16.5. The van der Waals surface area contributed by atoms with Gasteiger partial charge in [0.1, 0.15) is 12.1 Å². The van der Waals surface area contributed by atoms with Crippen LogP contribution in [0.15, 0.2) is 60.7 Å². The van der Waals surface area contributed by atoms with E-state index < -0.39 is 24.0 Å². The molecule has 0 radical (unpaired) electrons. The minimum absolute atomic E-state index is 0.251. The van der Waals surface area contributed by atoms with Crippen LogP contribution < -0.4 is 10.6 Å². The Kier molecular flexibility index (Phi) is 8.62. The van der Waals surface area contributed by atoms with Crippen LogP contribution in [-0.2, 0) is 27.2 Å². The molecule has 3 amide bonds. The summed E-state index contributed by atoms with van der Waals surface area (Å²) >= 11 is 0. The smallest absolute Gasteiger partial charge is 0.326 e. The predicted molar refractivity (Wildman–Crippen MR) is 119 cm³/mol. The van der Waals surface area contributed by atoms with Gasteiger partial charge in [0, 0.05) is 19.5 Å². The molecule has 170 valence electrons. The second-order valence-electron chi connectivity index (χ2n) is 7.71. The molecule has 1 fully saturated rings. The maximum Gasteiger partial charge on any atom is 0.326 e. The van der Waals surface area contributed by atoms with Crippen LogP contribution in [0.5, 0.6) is 0 Å². The van der Waals surface area contributed by atoms with Gasteiger partial charge in [0.2, 0.25) is 5.91 Å². The Morgan fingerprint density at radius 1 is 0.875 bits per heavy atom. The van der Waals surface area contributed by atoms with E-state index in [-0.39, 0.29) is 18.9 Å². The van der Waals surface area contributed by atoms with Crippen LogP contribution in [0.4, 0.5) is 4.79 Å². The molecular formula is C24H29N3O5. The number of aliphatic carboxylic acids is 1. The number of ether oxygens (including phenoxy) is 1. The quantitative estimate of drug-likeness (QED) is 0.553. The van der Waals surface area contributed by atoms with Crippen LogP contribution in [0.2, 0.25) is 0 Å². The van der Waals surface area contributed by atoms with Crippen LogP contribution in [0.3, 0.4) is 0 Å². The molecule has 8 nitrogen and oxygen atoms in total. The SMILES string of the molecule is O=C(O)[C@H](CCc1ccccc1)NC(=O)[C@H](Cc1ccccc1)NC(=O)N1CCOCC1. The normalized spacial score (nSPS) is 15.4. The summed E-state index contributed by atoms with van der Waals surface area (Å²) in [7, 11) is 0. The number of amides is 3. The van der Waals surface area contributed by atoms with Crippen LogP contribution in [0.25, 0.3) is 0 Å². The van der Waals surface area contributed by atoms with Crippen molar-refractivity contribution < 1.29 is 24.2 Å². The van der Waals surface area contributed by atoms with Gasteiger partial charge in [-0.3, -0.25) is 4.79 Å². The van der Waals surface area contributed by atoms with Crippen molar-refractivity contribution in [3.8, 4) is 0 Å². The first-order valence-corrected chi connectivity index (χ1v) is 10.8. The van der Waals surface area contributed by atoms with Crippen molar-refractivity contribution in [2.24, 2.45) is 0 Å². The number of rotatable bonds is 9. The topological polar surface area (TPSA) is 108 Å². The average molecular weight is 440 g/mol. The first kappa shape index (κ1) is 23.3. The molecular weight excluding hydrogens is 410 g/mol. The molecule has 0 unspecified atom stereocenters. The molecule has 1 aliphatic rings. The Morgan fingerprint density at radius 3 is 2.06 bits per heavy atom. The van der Waals surface area contributed by atoms with Crippen molar-refractivity contribution in [3.63, 3.8) is 0 Å². The largest absolute Gasteiger partial charge is 0.480 e. The van der Waals surface area contributed by atoms with Gasteiger partial charge >= 0.3 is 12.0 Å². The number of morpholine rings is 1. The Morgan fingerprint density at radius 2 is 1.47 bits per heavy atom. The van der Waals surface area contributed by atoms with E-state index in [9.17, 15) is 19.5 Å². The molecule has 1 aliphatic heterocycles. The molecule has 2 aromatic carbocycles. The van der Waals surface area contributed by atoms with E-state index in [0.717, 1.165) is 11.1 Å².